The van der Waals surface area contributed by atoms with Crippen LogP contribution < -0.4 is 0 Å². The normalized spacial score (nSPS) is 2.15. The number of aliphatic hydroxyl groups excluding tert-OH is 4. The minimum absolute atomic E-state index is 0. The Kier molecular flexibility index (Phi) is 557. The van der Waals surface area contributed by atoms with E-state index in [1.54, 1.807) is 0 Å². The second-order valence-electron chi connectivity index (χ2n) is 0.400. The van der Waals surface area contributed by atoms with Crippen molar-refractivity contribution in [2.75, 3.05) is 0 Å². The van der Waals surface area contributed by atoms with E-state index in [4.69, 9.17) is 41.5 Å². The number of nitrogens with zero attached hydrogens (tertiary/aromatic N) is 4. The van der Waals surface area contributed by atoms with Crippen molar-refractivity contribution < 1.29 is 40.2 Å². The van der Waals surface area contributed by atoms with E-state index in [9.17, 15) is 0 Å². The molecule has 0 heterocycles. The van der Waals surface area contributed by atoms with Crippen LogP contribution in [0.5, 0.6) is 0 Å². The summed E-state index contributed by atoms with van der Waals surface area (Å²) in [6.07, 6.45) is 3.00. The number of hydrogen-bond donors (Lipinski definition) is 4. The first-order valence-electron chi connectivity index (χ1n) is 1.79. The van der Waals surface area contributed by atoms with Crippen molar-refractivity contribution in [2.24, 2.45) is 0 Å². The molecule has 0 aliphatic rings. The summed E-state index contributed by atoms with van der Waals surface area (Å²) in [5.74, 6) is 0. The van der Waals surface area contributed by atoms with Crippen molar-refractivity contribution in [3.05, 3.63) is 0 Å². The van der Waals surface area contributed by atoms with Gasteiger partial charge in [-0.05, 0) is 0 Å². The Labute approximate surface area is 86.8 Å². The van der Waals surface area contributed by atoms with Gasteiger partial charge in [0.05, 0.1) is 0 Å². The summed E-state index contributed by atoms with van der Waals surface area (Å²) in [4.78, 5) is 0. The van der Waals surface area contributed by atoms with Gasteiger partial charge in [-0.15, -0.1) is 0 Å². The second-order valence-corrected chi connectivity index (χ2v) is 0.400. The molecule has 0 amide bonds. The zero-order chi connectivity index (χ0) is 10.8. The molecule has 0 bridgehead atoms. The summed E-state index contributed by atoms with van der Waals surface area (Å²) in [6, 6.07) is 0. The molecule has 0 aliphatic heterocycles. The molecule has 0 aromatic heterocycles. The van der Waals surface area contributed by atoms with Crippen LogP contribution in [0.2, 0.25) is 0 Å². The topological polar surface area (TPSA) is 176 Å². The molecule has 0 fully saturated rings. The van der Waals surface area contributed by atoms with Crippen molar-refractivity contribution in [1.82, 2.24) is 0 Å². The molecule has 0 unspecified atom stereocenters. The fourth-order valence-electron chi connectivity index (χ4n) is 0. The maximum absolute atomic E-state index is 6.88. The maximum Gasteiger partial charge on any atom is 0.283 e. The van der Waals surface area contributed by atoms with Crippen LogP contribution in [0.4, 0.5) is 0 Å². The molecular formula is C4H4N4O4Os. The van der Waals surface area contributed by atoms with Gasteiger partial charge in [0.15, 0.2) is 0 Å². The third-order valence-corrected chi connectivity index (χ3v) is 0. The van der Waals surface area contributed by atoms with Crippen LogP contribution in [-0.2, 0) is 19.8 Å². The van der Waals surface area contributed by atoms with Gasteiger partial charge in [0.25, 0.3) is 25.0 Å². The molecule has 9 heteroatoms. The van der Waals surface area contributed by atoms with Crippen LogP contribution in [0.15, 0.2) is 0 Å². The molecule has 0 radical (unpaired) electrons. The monoisotopic (exact) mass is 364 g/mol. The smallest absolute Gasteiger partial charge is 0.283 e. The first-order valence-corrected chi connectivity index (χ1v) is 1.79. The summed E-state index contributed by atoms with van der Waals surface area (Å²) in [5, 5.41) is 55.0. The molecule has 4 N–H and O–H groups in total. The molecule has 0 aromatic rings. The van der Waals surface area contributed by atoms with Crippen LogP contribution in [-0.4, -0.2) is 20.4 Å². The van der Waals surface area contributed by atoms with Crippen LogP contribution in [0.25, 0.3) is 0 Å². The minimum atomic E-state index is 0. The van der Waals surface area contributed by atoms with E-state index in [2.05, 4.69) is 0 Å². The summed E-state index contributed by atoms with van der Waals surface area (Å²) in [5.41, 5.74) is 0. The zero-order valence-electron chi connectivity index (χ0n) is 5.93. The van der Waals surface area contributed by atoms with Crippen molar-refractivity contribution in [3.8, 4) is 25.0 Å². The van der Waals surface area contributed by atoms with Gasteiger partial charge in [-0.2, -0.15) is 21.0 Å². The van der Waals surface area contributed by atoms with Crippen molar-refractivity contribution in [3.63, 3.8) is 0 Å². The van der Waals surface area contributed by atoms with E-state index in [1.165, 1.54) is 0 Å². The third-order valence-electron chi connectivity index (χ3n) is 0. The molecule has 0 saturated carbocycles. The molecular weight excluding hydrogens is 358 g/mol. The zero-order valence-corrected chi connectivity index (χ0v) is 8.47. The van der Waals surface area contributed by atoms with Gasteiger partial charge in [0, 0.05) is 19.8 Å². The van der Waals surface area contributed by atoms with Crippen LogP contribution in [0.1, 0.15) is 0 Å². The van der Waals surface area contributed by atoms with Gasteiger partial charge in [0.2, 0.25) is 0 Å². The molecule has 0 rings (SSSR count). The van der Waals surface area contributed by atoms with Crippen molar-refractivity contribution >= 4 is 0 Å². The van der Waals surface area contributed by atoms with E-state index in [0.717, 1.165) is 25.0 Å². The Morgan fingerprint density at radius 3 is 0.538 bits per heavy atom. The summed E-state index contributed by atoms with van der Waals surface area (Å²) >= 11 is 0. The summed E-state index contributed by atoms with van der Waals surface area (Å²) in [6.45, 7) is 0. The molecule has 72 valence electrons. The second kappa shape index (κ2) is 235. The molecule has 13 heavy (non-hydrogen) atoms. The van der Waals surface area contributed by atoms with E-state index in [0.29, 0.717) is 0 Å². The molecule has 8 nitrogen and oxygen atoms in total. The average molecular weight is 362 g/mol. The summed E-state index contributed by atoms with van der Waals surface area (Å²) in [7, 11) is 0. The fraction of sp³-hybridized carbons (Fsp3) is 0. The van der Waals surface area contributed by atoms with E-state index >= 15 is 0 Å². The third kappa shape index (κ3) is 123. The Morgan fingerprint density at radius 2 is 0.538 bits per heavy atom. The van der Waals surface area contributed by atoms with Crippen LogP contribution in [0.3, 0.4) is 0 Å². The largest absolute Gasteiger partial charge is 0.443 e. The molecule has 0 aromatic carbocycles. The first kappa shape index (κ1) is 30.8. The van der Waals surface area contributed by atoms with Crippen molar-refractivity contribution in [2.45, 2.75) is 0 Å². The predicted molar refractivity (Wildman–Crippen MR) is 30.2 cm³/mol. The number of hydrogen-bond acceptors (Lipinski definition) is 8. The Bertz CT molecular complexity index is 158. The Morgan fingerprint density at radius 1 is 0.538 bits per heavy atom. The predicted octanol–water partition coefficient (Wildman–Crippen LogP) is -0.643. The summed E-state index contributed by atoms with van der Waals surface area (Å²) < 4.78 is 0. The van der Waals surface area contributed by atoms with Gasteiger partial charge < -0.3 is 20.4 Å². The average Bonchev–Trinajstić information content (AvgIpc) is 1.92. The Balaban J connectivity index is -0.0000000213. The Hall–Kier alpha value is -2.20. The van der Waals surface area contributed by atoms with E-state index < -0.39 is 0 Å². The molecule has 0 aliphatic carbocycles. The quantitative estimate of drug-likeness (QED) is 0.411. The number of rotatable bonds is 0. The van der Waals surface area contributed by atoms with Crippen LogP contribution >= 0.6 is 0 Å². The van der Waals surface area contributed by atoms with E-state index in [-0.39, 0.29) is 19.8 Å². The standard InChI is InChI=1S/4CHNO.Os/c4*2-1-3;/h4*3H;. The van der Waals surface area contributed by atoms with Gasteiger partial charge in [-0.25, -0.2) is 0 Å². The molecule has 0 saturated heterocycles. The van der Waals surface area contributed by atoms with Crippen LogP contribution in [0, 0.1) is 46.1 Å². The van der Waals surface area contributed by atoms with Gasteiger partial charge >= 0.3 is 0 Å². The fourth-order valence-corrected chi connectivity index (χ4v) is 0. The number of aliphatic hydroxyl groups is 4. The van der Waals surface area contributed by atoms with E-state index in [1.807, 2.05) is 0 Å². The minimum Gasteiger partial charge on any atom is -0.443 e. The van der Waals surface area contributed by atoms with Gasteiger partial charge in [-0.3, -0.25) is 0 Å². The molecule has 0 spiro atoms. The SMILES string of the molecule is N#CO.N#CO.N#CO.N#CO.[Os]. The number of nitriles is 4. The maximum atomic E-state index is 6.88. The van der Waals surface area contributed by atoms with Crippen molar-refractivity contribution in [1.29, 1.82) is 21.0 Å². The van der Waals surface area contributed by atoms with Gasteiger partial charge in [-0.1, -0.05) is 0 Å². The van der Waals surface area contributed by atoms with Gasteiger partial charge in [0.1, 0.15) is 0 Å². The first-order chi connectivity index (χ1) is 5.66. The molecule has 0 atom stereocenters.